The van der Waals surface area contributed by atoms with E-state index in [4.69, 9.17) is 0 Å². The first-order valence-corrected chi connectivity index (χ1v) is 10.8. The van der Waals surface area contributed by atoms with Crippen LogP contribution in [0, 0.1) is 11.3 Å². The molecule has 27 heavy (non-hydrogen) atoms. The molecule has 3 fully saturated rings. The van der Waals surface area contributed by atoms with Crippen LogP contribution in [0.2, 0.25) is 0 Å². The number of aliphatic hydroxyl groups excluding tert-OH is 1. The van der Waals surface area contributed by atoms with Crippen LogP contribution in [0.15, 0.2) is 0 Å². The Morgan fingerprint density at radius 1 is 1.00 bits per heavy atom. The second-order valence-corrected chi connectivity index (χ2v) is 9.22. The van der Waals surface area contributed by atoms with Gasteiger partial charge in [-0.1, -0.05) is 25.7 Å². The van der Waals surface area contributed by atoms with Crippen molar-refractivity contribution in [1.82, 2.24) is 14.7 Å². The molecule has 2 aliphatic heterocycles. The number of rotatable bonds is 3. The normalized spacial score (nSPS) is 30.9. The average Bonchev–Trinajstić information content (AvgIpc) is 2.94. The van der Waals surface area contributed by atoms with Crippen molar-refractivity contribution >= 4 is 11.8 Å². The van der Waals surface area contributed by atoms with E-state index in [-0.39, 0.29) is 23.3 Å². The lowest BCUT2D eigenvalue weighted by molar-refractivity contribution is -0.147. The van der Waals surface area contributed by atoms with Gasteiger partial charge in [-0.2, -0.15) is 0 Å². The number of amides is 2. The monoisotopic (exact) mass is 379 g/mol. The lowest BCUT2D eigenvalue weighted by Gasteiger charge is -2.51. The van der Waals surface area contributed by atoms with Crippen LogP contribution in [0.25, 0.3) is 0 Å². The van der Waals surface area contributed by atoms with Gasteiger partial charge in [0.25, 0.3) is 0 Å². The van der Waals surface area contributed by atoms with Gasteiger partial charge in [0.2, 0.25) is 11.8 Å². The maximum Gasteiger partial charge on any atom is 0.236 e. The minimum absolute atomic E-state index is 0.101. The molecule has 6 heteroatoms. The Bertz CT molecular complexity index is 531. The standard InChI is InChI=1S/C21H37N3O3/c1-22(2)19(26)14-23-13-10-18(25)21(15-23)11-7-12-24(16-21)20(27)17-8-5-3-4-6-9-17/h17-18,25H,3-16H2,1-2H3/t18?,21-/m1/s1. The first kappa shape index (κ1) is 20.6. The molecular formula is C21H37N3O3. The van der Waals surface area contributed by atoms with Crippen molar-refractivity contribution < 1.29 is 14.7 Å². The number of hydrogen-bond acceptors (Lipinski definition) is 4. The summed E-state index contributed by atoms with van der Waals surface area (Å²) in [7, 11) is 3.56. The molecule has 1 N–H and O–H groups in total. The lowest BCUT2D eigenvalue weighted by Crippen LogP contribution is -2.61. The zero-order valence-corrected chi connectivity index (χ0v) is 17.2. The van der Waals surface area contributed by atoms with Crippen LogP contribution in [0.5, 0.6) is 0 Å². The number of aliphatic hydroxyl groups is 1. The van der Waals surface area contributed by atoms with Crippen molar-refractivity contribution in [2.45, 2.75) is 63.9 Å². The van der Waals surface area contributed by atoms with E-state index in [0.29, 0.717) is 32.0 Å². The van der Waals surface area contributed by atoms with Crippen LogP contribution < -0.4 is 0 Å². The van der Waals surface area contributed by atoms with Gasteiger partial charge in [0.15, 0.2) is 0 Å². The second-order valence-electron chi connectivity index (χ2n) is 9.22. The van der Waals surface area contributed by atoms with Gasteiger partial charge in [0.05, 0.1) is 12.6 Å². The lowest BCUT2D eigenvalue weighted by atomic mass is 9.71. The maximum absolute atomic E-state index is 13.2. The first-order chi connectivity index (χ1) is 12.9. The van der Waals surface area contributed by atoms with E-state index in [1.807, 2.05) is 4.90 Å². The quantitative estimate of drug-likeness (QED) is 0.759. The molecule has 2 atom stereocenters. The van der Waals surface area contributed by atoms with E-state index in [2.05, 4.69) is 4.90 Å². The third-order valence-corrected chi connectivity index (χ3v) is 6.95. The number of likely N-dealkylation sites (N-methyl/N-ethyl adjacent to an activating group) is 1. The minimum atomic E-state index is -0.382. The van der Waals surface area contributed by atoms with Crippen molar-refractivity contribution in [3.8, 4) is 0 Å². The van der Waals surface area contributed by atoms with Crippen molar-refractivity contribution in [1.29, 1.82) is 0 Å². The summed E-state index contributed by atoms with van der Waals surface area (Å²) in [5.41, 5.74) is -0.274. The summed E-state index contributed by atoms with van der Waals surface area (Å²) in [5, 5.41) is 10.8. The van der Waals surface area contributed by atoms with Gasteiger partial charge in [0, 0.05) is 51.6 Å². The van der Waals surface area contributed by atoms with Gasteiger partial charge in [-0.3, -0.25) is 14.5 Å². The first-order valence-electron chi connectivity index (χ1n) is 10.8. The van der Waals surface area contributed by atoms with E-state index >= 15 is 0 Å². The fourth-order valence-electron chi connectivity index (χ4n) is 5.24. The summed E-state index contributed by atoms with van der Waals surface area (Å²) in [6, 6.07) is 0. The molecule has 2 heterocycles. The summed E-state index contributed by atoms with van der Waals surface area (Å²) in [6.45, 7) is 3.33. The molecule has 0 aromatic rings. The molecule has 1 unspecified atom stereocenters. The highest BCUT2D eigenvalue weighted by atomic mass is 16.3. The Hall–Kier alpha value is -1.14. The van der Waals surface area contributed by atoms with Crippen molar-refractivity contribution in [2.75, 3.05) is 46.8 Å². The van der Waals surface area contributed by atoms with Gasteiger partial charge in [0.1, 0.15) is 0 Å². The highest BCUT2D eigenvalue weighted by Crippen LogP contribution is 2.39. The summed E-state index contributed by atoms with van der Waals surface area (Å²) in [5.74, 6) is 0.586. The zero-order valence-electron chi connectivity index (χ0n) is 17.2. The van der Waals surface area contributed by atoms with Crippen molar-refractivity contribution in [3.05, 3.63) is 0 Å². The highest BCUT2D eigenvalue weighted by Gasteiger charge is 2.47. The number of carbonyl (C=O) groups is 2. The average molecular weight is 380 g/mol. The Morgan fingerprint density at radius 3 is 2.37 bits per heavy atom. The van der Waals surface area contributed by atoms with Crippen molar-refractivity contribution in [3.63, 3.8) is 0 Å². The summed E-state index contributed by atoms with van der Waals surface area (Å²) >= 11 is 0. The topological polar surface area (TPSA) is 64.1 Å². The molecule has 0 bridgehead atoms. The molecule has 0 radical (unpaired) electrons. The smallest absolute Gasteiger partial charge is 0.236 e. The third kappa shape index (κ3) is 4.83. The minimum Gasteiger partial charge on any atom is -0.392 e. The van der Waals surface area contributed by atoms with E-state index in [0.717, 1.165) is 38.8 Å². The summed E-state index contributed by atoms with van der Waals surface area (Å²) < 4.78 is 0. The van der Waals surface area contributed by atoms with E-state index in [9.17, 15) is 14.7 Å². The van der Waals surface area contributed by atoms with E-state index < -0.39 is 0 Å². The van der Waals surface area contributed by atoms with Crippen LogP contribution in [-0.4, -0.2) is 84.5 Å². The van der Waals surface area contributed by atoms with Crippen molar-refractivity contribution in [2.24, 2.45) is 11.3 Å². The molecule has 1 saturated carbocycles. The maximum atomic E-state index is 13.2. The Labute approximate surface area is 163 Å². The number of hydrogen-bond donors (Lipinski definition) is 1. The van der Waals surface area contributed by atoms with Gasteiger partial charge < -0.3 is 14.9 Å². The number of likely N-dealkylation sites (tertiary alicyclic amines) is 2. The highest BCUT2D eigenvalue weighted by molar-refractivity contribution is 5.79. The molecule has 1 aliphatic carbocycles. The Balaban J connectivity index is 1.66. The Kier molecular flexibility index (Phi) is 6.79. The molecule has 2 saturated heterocycles. The molecule has 0 aromatic carbocycles. The second kappa shape index (κ2) is 8.91. The van der Waals surface area contributed by atoms with Crippen LogP contribution in [0.4, 0.5) is 0 Å². The van der Waals surface area contributed by atoms with Crippen LogP contribution in [-0.2, 0) is 9.59 Å². The molecule has 3 rings (SSSR count). The predicted molar refractivity (Wildman–Crippen MR) is 105 cm³/mol. The predicted octanol–water partition coefficient (Wildman–Crippen LogP) is 1.72. The van der Waals surface area contributed by atoms with Crippen LogP contribution in [0.1, 0.15) is 57.8 Å². The third-order valence-electron chi connectivity index (χ3n) is 6.95. The van der Waals surface area contributed by atoms with E-state index in [1.165, 1.54) is 25.7 Å². The largest absolute Gasteiger partial charge is 0.392 e. The summed E-state index contributed by atoms with van der Waals surface area (Å²) in [6.07, 6.45) is 9.07. The van der Waals surface area contributed by atoms with Gasteiger partial charge >= 0.3 is 0 Å². The fraction of sp³-hybridized carbons (Fsp3) is 0.905. The molecule has 154 valence electrons. The number of piperidine rings is 2. The molecule has 3 aliphatic rings. The fourth-order valence-corrected chi connectivity index (χ4v) is 5.24. The summed E-state index contributed by atoms with van der Waals surface area (Å²) in [4.78, 5) is 31.1. The number of nitrogens with zero attached hydrogens (tertiary/aromatic N) is 3. The molecule has 0 aromatic heterocycles. The van der Waals surface area contributed by atoms with Gasteiger partial charge in [-0.05, 0) is 32.1 Å². The zero-order chi connectivity index (χ0) is 19.4. The van der Waals surface area contributed by atoms with E-state index in [1.54, 1.807) is 19.0 Å². The molecule has 6 nitrogen and oxygen atoms in total. The molecule has 2 amide bonds. The number of carbonyl (C=O) groups excluding carboxylic acids is 2. The van der Waals surface area contributed by atoms with Gasteiger partial charge in [-0.15, -0.1) is 0 Å². The van der Waals surface area contributed by atoms with Gasteiger partial charge in [-0.25, -0.2) is 0 Å². The Morgan fingerprint density at radius 2 is 1.70 bits per heavy atom. The molecule has 1 spiro atoms. The molecular weight excluding hydrogens is 342 g/mol. The van der Waals surface area contributed by atoms with Crippen LogP contribution in [0.3, 0.4) is 0 Å². The SMILES string of the molecule is CN(C)C(=O)CN1CCC(O)[C@]2(CCCN(C(=O)C3CCCCCC3)C2)C1. The van der Waals surface area contributed by atoms with Crippen LogP contribution >= 0.6 is 0 Å².